The lowest BCUT2D eigenvalue weighted by molar-refractivity contribution is 0.171. The van der Waals surface area contributed by atoms with Gasteiger partial charge in [0.2, 0.25) is 15.9 Å². The molecule has 2 fully saturated rings. The minimum absolute atomic E-state index is 0.0229. The zero-order chi connectivity index (χ0) is 22.4. The molecule has 3 aromatic rings. The molecule has 10 nitrogen and oxygen atoms in total. The number of aromatic nitrogens is 3. The summed E-state index contributed by atoms with van der Waals surface area (Å²) in [5, 5.41) is 4.08. The number of hydrogen-bond donors (Lipinski definition) is 0. The van der Waals surface area contributed by atoms with E-state index < -0.39 is 10.0 Å². The average Bonchev–Trinajstić information content (AvgIpc) is 3.41. The molecular formula is C22H24N4O6S. The molecule has 2 aliphatic heterocycles. The molecule has 1 saturated carbocycles. The highest BCUT2D eigenvalue weighted by molar-refractivity contribution is 7.89. The summed E-state index contributed by atoms with van der Waals surface area (Å²) < 4.78 is 50.1. The first-order chi connectivity index (χ1) is 16.1. The molecule has 33 heavy (non-hydrogen) atoms. The van der Waals surface area contributed by atoms with E-state index in [-0.39, 0.29) is 10.8 Å². The van der Waals surface area contributed by atoms with Crippen LogP contribution in [0, 0.1) is 0 Å². The Kier molecular flexibility index (Phi) is 5.10. The monoisotopic (exact) mass is 472 g/mol. The summed E-state index contributed by atoms with van der Waals surface area (Å²) in [5.74, 6) is 4.13. The molecule has 3 aliphatic rings. The fourth-order valence-electron chi connectivity index (χ4n) is 4.26. The third kappa shape index (κ3) is 4.10. The predicted octanol–water partition coefficient (Wildman–Crippen LogP) is 2.87. The molecule has 0 N–H and O–H groups in total. The first-order valence-electron chi connectivity index (χ1n) is 11.2. The lowest BCUT2D eigenvalue weighted by atomic mass is 9.98. The lowest BCUT2D eigenvalue weighted by Gasteiger charge is -2.30. The van der Waals surface area contributed by atoms with Crippen molar-refractivity contribution in [2.75, 3.05) is 26.3 Å². The molecule has 4 heterocycles. The molecule has 0 radical (unpaired) electrons. The fraction of sp³-hybridized carbons (Fsp3) is 0.500. The first-order valence-corrected chi connectivity index (χ1v) is 12.7. The number of benzene rings is 1. The topological polar surface area (TPSA) is 121 Å². The van der Waals surface area contributed by atoms with E-state index in [1.54, 1.807) is 24.4 Å². The van der Waals surface area contributed by atoms with Crippen molar-refractivity contribution in [3.05, 3.63) is 47.8 Å². The standard InChI is InChI=1S/C22H24N4O6S/c27-33(28,17-3-4-18-19(12-17)30-10-9-29-18)26-7-5-15(6-8-26)22-24-20(25-32-22)11-16-13-23-21(31-16)14-1-2-14/h3-4,12-15H,1-2,5-11H2. The van der Waals surface area contributed by atoms with Crippen LogP contribution >= 0.6 is 0 Å². The van der Waals surface area contributed by atoms with Gasteiger partial charge in [-0.1, -0.05) is 5.16 Å². The smallest absolute Gasteiger partial charge is 0.243 e. The molecule has 174 valence electrons. The van der Waals surface area contributed by atoms with Crippen LogP contribution in [0.1, 0.15) is 60.9 Å². The Bertz CT molecular complexity index is 1260. The molecular weight excluding hydrogens is 448 g/mol. The van der Waals surface area contributed by atoms with E-state index in [9.17, 15) is 8.42 Å². The Hall–Kier alpha value is -2.92. The molecule has 11 heteroatoms. The van der Waals surface area contributed by atoms with Gasteiger partial charge in [-0.3, -0.25) is 0 Å². The van der Waals surface area contributed by atoms with Crippen molar-refractivity contribution in [3.63, 3.8) is 0 Å². The van der Waals surface area contributed by atoms with E-state index in [1.165, 1.54) is 4.31 Å². The number of nitrogens with zero attached hydrogens (tertiary/aromatic N) is 4. The maximum Gasteiger partial charge on any atom is 0.243 e. The third-order valence-corrected chi connectivity index (χ3v) is 8.16. The normalized spacial score (nSPS) is 19.6. The number of fused-ring (bicyclic) bond motifs is 1. The van der Waals surface area contributed by atoms with E-state index in [1.807, 2.05) is 0 Å². The number of ether oxygens (including phenoxy) is 2. The zero-order valence-electron chi connectivity index (χ0n) is 18.0. The highest BCUT2D eigenvalue weighted by Gasteiger charge is 2.33. The van der Waals surface area contributed by atoms with E-state index in [0.717, 1.165) is 24.5 Å². The molecule has 0 unspecified atom stereocenters. The van der Waals surface area contributed by atoms with E-state index in [4.69, 9.17) is 18.4 Å². The maximum absolute atomic E-state index is 13.1. The Balaban J connectivity index is 1.09. The SMILES string of the molecule is O=S(=O)(c1ccc2c(c1)OCCO2)N1CCC(c2nc(Cc3cnc(C4CC4)o3)no2)CC1. The Morgan fingerprint density at radius 1 is 0.970 bits per heavy atom. The molecule has 1 aliphatic carbocycles. The zero-order valence-corrected chi connectivity index (χ0v) is 18.8. The first kappa shape index (κ1) is 20.7. The Morgan fingerprint density at radius 3 is 2.52 bits per heavy atom. The van der Waals surface area contributed by atoms with Crippen LogP contribution in [0.5, 0.6) is 11.5 Å². The van der Waals surface area contributed by atoms with Crippen LogP contribution in [0.3, 0.4) is 0 Å². The third-order valence-electron chi connectivity index (χ3n) is 6.27. The number of sulfonamides is 1. The van der Waals surface area contributed by atoms with Gasteiger partial charge in [0.15, 0.2) is 23.2 Å². The maximum atomic E-state index is 13.1. The summed E-state index contributed by atoms with van der Waals surface area (Å²) in [6, 6.07) is 4.76. The van der Waals surface area contributed by atoms with Crippen molar-refractivity contribution in [3.8, 4) is 11.5 Å². The van der Waals surface area contributed by atoms with Crippen molar-refractivity contribution in [1.29, 1.82) is 0 Å². The summed E-state index contributed by atoms with van der Waals surface area (Å²) in [4.78, 5) is 9.06. The number of hydrogen-bond acceptors (Lipinski definition) is 9. The van der Waals surface area contributed by atoms with Crippen LogP contribution in [0.4, 0.5) is 0 Å². The van der Waals surface area contributed by atoms with Gasteiger partial charge in [-0.05, 0) is 37.8 Å². The summed E-state index contributed by atoms with van der Waals surface area (Å²) in [5.41, 5.74) is 0. The van der Waals surface area contributed by atoms with Crippen molar-refractivity contribution in [2.45, 2.75) is 48.8 Å². The molecule has 1 saturated heterocycles. The van der Waals surface area contributed by atoms with Crippen molar-refractivity contribution >= 4 is 10.0 Å². The second-order valence-electron chi connectivity index (χ2n) is 8.65. The second kappa shape index (κ2) is 8.14. The lowest BCUT2D eigenvalue weighted by Crippen LogP contribution is -2.38. The predicted molar refractivity (Wildman–Crippen MR) is 114 cm³/mol. The Labute approximate surface area is 190 Å². The molecule has 2 aromatic heterocycles. The fourth-order valence-corrected chi connectivity index (χ4v) is 5.75. The highest BCUT2D eigenvalue weighted by Crippen LogP contribution is 2.39. The van der Waals surface area contributed by atoms with Gasteiger partial charge in [0.1, 0.15) is 19.0 Å². The minimum Gasteiger partial charge on any atom is -0.486 e. The molecule has 0 bridgehead atoms. The molecule has 0 spiro atoms. The highest BCUT2D eigenvalue weighted by atomic mass is 32.2. The van der Waals surface area contributed by atoms with Gasteiger partial charge in [-0.2, -0.15) is 9.29 Å². The average molecular weight is 473 g/mol. The van der Waals surface area contributed by atoms with Crippen LogP contribution in [0.15, 0.2) is 38.2 Å². The Morgan fingerprint density at radius 2 is 1.73 bits per heavy atom. The summed E-state index contributed by atoms with van der Waals surface area (Å²) >= 11 is 0. The van der Waals surface area contributed by atoms with E-state index >= 15 is 0 Å². The van der Waals surface area contributed by atoms with Crippen LogP contribution in [-0.4, -0.2) is 54.2 Å². The van der Waals surface area contributed by atoms with Crippen LogP contribution in [0.2, 0.25) is 0 Å². The van der Waals surface area contributed by atoms with Gasteiger partial charge < -0.3 is 18.4 Å². The van der Waals surface area contributed by atoms with Gasteiger partial charge in [-0.25, -0.2) is 13.4 Å². The minimum atomic E-state index is -3.62. The summed E-state index contributed by atoms with van der Waals surface area (Å²) in [6.07, 6.45) is 5.65. The van der Waals surface area contributed by atoms with Crippen LogP contribution < -0.4 is 9.47 Å². The van der Waals surface area contributed by atoms with Gasteiger partial charge in [-0.15, -0.1) is 0 Å². The van der Waals surface area contributed by atoms with Crippen LogP contribution in [0.25, 0.3) is 0 Å². The molecule has 0 amide bonds. The number of oxazole rings is 1. The summed E-state index contributed by atoms with van der Waals surface area (Å²) in [7, 11) is -3.62. The molecule has 6 rings (SSSR count). The van der Waals surface area contributed by atoms with Gasteiger partial charge in [0, 0.05) is 31.0 Å². The van der Waals surface area contributed by atoms with Crippen molar-refractivity contribution in [2.24, 2.45) is 0 Å². The van der Waals surface area contributed by atoms with E-state index in [2.05, 4.69) is 15.1 Å². The largest absolute Gasteiger partial charge is 0.486 e. The quantitative estimate of drug-likeness (QED) is 0.533. The second-order valence-corrected chi connectivity index (χ2v) is 10.6. The van der Waals surface area contributed by atoms with Crippen molar-refractivity contribution < 1.29 is 26.8 Å². The van der Waals surface area contributed by atoms with E-state index in [0.29, 0.717) is 74.7 Å². The van der Waals surface area contributed by atoms with Gasteiger partial charge >= 0.3 is 0 Å². The van der Waals surface area contributed by atoms with Crippen LogP contribution in [-0.2, 0) is 16.4 Å². The molecule has 1 aromatic carbocycles. The number of piperidine rings is 1. The van der Waals surface area contributed by atoms with Gasteiger partial charge in [0.25, 0.3) is 0 Å². The van der Waals surface area contributed by atoms with Gasteiger partial charge in [0.05, 0.1) is 17.5 Å². The molecule has 0 atom stereocenters. The summed E-state index contributed by atoms with van der Waals surface area (Å²) in [6.45, 7) is 1.63. The van der Waals surface area contributed by atoms with Crippen molar-refractivity contribution in [1.82, 2.24) is 19.4 Å². The number of rotatable bonds is 6.